The second kappa shape index (κ2) is 5.92. The van der Waals surface area contributed by atoms with Gasteiger partial charge in [0.05, 0.1) is 11.1 Å². The molecule has 1 heterocycles. The molecule has 0 N–H and O–H groups in total. The van der Waals surface area contributed by atoms with Gasteiger partial charge in [-0.1, -0.05) is 19.9 Å². The normalized spacial score (nSPS) is 10.8. The standard InChI is InChI=1S/C17H21N3/c1-5-20(6-2)17-15(11-18)10-14-9-13(12(3)4)7-8-16(14)19-17/h7-10,12H,5-6H2,1-4H3. The van der Waals surface area contributed by atoms with Crippen LogP contribution in [-0.2, 0) is 0 Å². The van der Waals surface area contributed by atoms with Gasteiger partial charge < -0.3 is 4.90 Å². The lowest BCUT2D eigenvalue weighted by molar-refractivity contribution is 0.847. The molecule has 0 aliphatic carbocycles. The quantitative estimate of drug-likeness (QED) is 0.838. The molecule has 2 rings (SSSR count). The van der Waals surface area contributed by atoms with E-state index < -0.39 is 0 Å². The van der Waals surface area contributed by atoms with Crippen LogP contribution in [0.3, 0.4) is 0 Å². The SMILES string of the molecule is CCN(CC)c1nc2ccc(C(C)C)cc2cc1C#N. The van der Waals surface area contributed by atoms with E-state index in [-0.39, 0.29) is 0 Å². The Labute approximate surface area is 120 Å². The lowest BCUT2D eigenvalue weighted by Crippen LogP contribution is -2.24. The lowest BCUT2D eigenvalue weighted by Gasteiger charge is -2.21. The van der Waals surface area contributed by atoms with Gasteiger partial charge >= 0.3 is 0 Å². The van der Waals surface area contributed by atoms with Crippen LogP contribution in [0.1, 0.15) is 44.7 Å². The fourth-order valence-electron chi connectivity index (χ4n) is 2.39. The number of anilines is 1. The molecule has 0 amide bonds. The van der Waals surface area contributed by atoms with Crippen LogP contribution in [0.2, 0.25) is 0 Å². The van der Waals surface area contributed by atoms with Crippen molar-refractivity contribution in [3.63, 3.8) is 0 Å². The van der Waals surface area contributed by atoms with Crippen LogP contribution in [0, 0.1) is 11.3 Å². The van der Waals surface area contributed by atoms with Crippen molar-refractivity contribution in [1.82, 2.24) is 4.98 Å². The molecule has 0 saturated carbocycles. The Balaban J connectivity index is 2.63. The summed E-state index contributed by atoms with van der Waals surface area (Å²) in [5.41, 5.74) is 2.89. The van der Waals surface area contributed by atoms with E-state index in [0.29, 0.717) is 11.5 Å². The minimum atomic E-state index is 0.479. The third kappa shape index (κ3) is 2.60. The van der Waals surface area contributed by atoms with Gasteiger partial charge in [0.2, 0.25) is 0 Å². The van der Waals surface area contributed by atoms with Gasteiger partial charge in [0.1, 0.15) is 11.9 Å². The minimum absolute atomic E-state index is 0.479. The summed E-state index contributed by atoms with van der Waals surface area (Å²) in [6.45, 7) is 10.2. The summed E-state index contributed by atoms with van der Waals surface area (Å²) in [7, 11) is 0. The first-order valence-electron chi connectivity index (χ1n) is 7.20. The zero-order chi connectivity index (χ0) is 14.7. The summed E-state index contributed by atoms with van der Waals surface area (Å²) < 4.78 is 0. The monoisotopic (exact) mass is 267 g/mol. The molecule has 0 aliphatic heterocycles. The maximum atomic E-state index is 9.38. The minimum Gasteiger partial charge on any atom is -0.356 e. The fourth-order valence-corrected chi connectivity index (χ4v) is 2.39. The van der Waals surface area contributed by atoms with Gasteiger partial charge in [0.15, 0.2) is 0 Å². The van der Waals surface area contributed by atoms with Crippen molar-refractivity contribution in [1.29, 1.82) is 5.26 Å². The summed E-state index contributed by atoms with van der Waals surface area (Å²) in [4.78, 5) is 6.81. The molecule has 2 aromatic rings. The Morgan fingerprint density at radius 3 is 2.45 bits per heavy atom. The van der Waals surface area contributed by atoms with E-state index in [4.69, 9.17) is 4.98 Å². The second-order valence-corrected chi connectivity index (χ2v) is 5.25. The highest BCUT2D eigenvalue weighted by atomic mass is 15.2. The van der Waals surface area contributed by atoms with E-state index >= 15 is 0 Å². The van der Waals surface area contributed by atoms with Crippen molar-refractivity contribution in [3.8, 4) is 6.07 Å². The Hall–Kier alpha value is -2.08. The number of nitriles is 1. The van der Waals surface area contributed by atoms with Gasteiger partial charge in [-0.15, -0.1) is 0 Å². The van der Waals surface area contributed by atoms with E-state index in [9.17, 15) is 5.26 Å². The largest absolute Gasteiger partial charge is 0.356 e. The number of hydrogen-bond acceptors (Lipinski definition) is 3. The molecule has 3 heteroatoms. The molecule has 104 valence electrons. The third-order valence-corrected chi connectivity index (χ3v) is 3.67. The number of pyridine rings is 1. The molecular weight excluding hydrogens is 246 g/mol. The van der Waals surface area contributed by atoms with Crippen molar-refractivity contribution >= 4 is 16.7 Å². The molecule has 0 saturated heterocycles. The van der Waals surface area contributed by atoms with E-state index in [1.165, 1.54) is 5.56 Å². The highest BCUT2D eigenvalue weighted by Gasteiger charge is 2.12. The predicted octanol–water partition coefficient (Wildman–Crippen LogP) is 4.08. The highest BCUT2D eigenvalue weighted by Crippen LogP contribution is 2.26. The summed E-state index contributed by atoms with van der Waals surface area (Å²) in [5, 5.41) is 10.4. The number of aromatic nitrogens is 1. The van der Waals surface area contributed by atoms with E-state index in [2.05, 4.69) is 56.9 Å². The van der Waals surface area contributed by atoms with Gasteiger partial charge in [-0.25, -0.2) is 4.98 Å². The topological polar surface area (TPSA) is 39.9 Å². The van der Waals surface area contributed by atoms with Crippen LogP contribution in [0.4, 0.5) is 5.82 Å². The van der Waals surface area contributed by atoms with Crippen molar-refractivity contribution < 1.29 is 0 Å². The first kappa shape index (κ1) is 14.3. The van der Waals surface area contributed by atoms with Gasteiger partial charge in [0, 0.05) is 18.5 Å². The fraction of sp³-hybridized carbons (Fsp3) is 0.412. The first-order valence-corrected chi connectivity index (χ1v) is 7.20. The van der Waals surface area contributed by atoms with Crippen LogP contribution < -0.4 is 4.90 Å². The number of hydrogen-bond donors (Lipinski definition) is 0. The maximum Gasteiger partial charge on any atom is 0.147 e. The van der Waals surface area contributed by atoms with Gasteiger partial charge in [0.25, 0.3) is 0 Å². The Morgan fingerprint density at radius 2 is 1.90 bits per heavy atom. The summed E-state index contributed by atoms with van der Waals surface area (Å²) in [5.74, 6) is 1.27. The predicted molar refractivity (Wildman–Crippen MR) is 84.1 cm³/mol. The Bertz CT molecular complexity index is 649. The van der Waals surface area contributed by atoms with Gasteiger partial charge in [-0.3, -0.25) is 0 Å². The van der Waals surface area contributed by atoms with Crippen molar-refractivity contribution in [2.24, 2.45) is 0 Å². The Morgan fingerprint density at radius 1 is 1.20 bits per heavy atom. The van der Waals surface area contributed by atoms with Crippen molar-refractivity contribution in [3.05, 3.63) is 35.4 Å². The number of fused-ring (bicyclic) bond motifs is 1. The van der Waals surface area contributed by atoms with Crippen molar-refractivity contribution in [2.75, 3.05) is 18.0 Å². The molecule has 0 unspecified atom stereocenters. The van der Waals surface area contributed by atoms with Gasteiger partial charge in [-0.05, 0) is 43.5 Å². The molecule has 1 aromatic carbocycles. The smallest absolute Gasteiger partial charge is 0.147 e. The summed E-state index contributed by atoms with van der Waals surface area (Å²) >= 11 is 0. The molecular formula is C17H21N3. The van der Waals surface area contributed by atoms with Crippen molar-refractivity contribution in [2.45, 2.75) is 33.6 Å². The van der Waals surface area contributed by atoms with Crippen LogP contribution >= 0.6 is 0 Å². The molecule has 0 bridgehead atoms. The zero-order valence-electron chi connectivity index (χ0n) is 12.6. The molecule has 0 radical (unpaired) electrons. The summed E-state index contributed by atoms with van der Waals surface area (Å²) in [6.07, 6.45) is 0. The molecule has 20 heavy (non-hydrogen) atoms. The maximum absolute atomic E-state index is 9.38. The van der Waals surface area contributed by atoms with Crippen LogP contribution in [0.5, 0.6) is 0 Å². The zero-order valence-corrected chi connectivity index (χ0v) is 12.6. The van der Waals surface area contributed by atoms with Crippen LogP contribution in [-0.4, -0.2) is 18.1 Å². The lowest BCUT2D eigenvalue weighted by atomic mass is 10.0. The van der Waals surface area contributed by atoms with Crippen LogP contribution in [0.25, 0.3) is 10.9 Å². The summed E-state index contributed by atoms with van der Waals surface area (Å²) in [6, 6.07) is 10.6. The average Bonchev–Trinajstić information content (AvgIpc) is 2.47. The van der Waals surface area contributed by atoms with E-state index in [1.54, 1.807) is 0 Å². The molecule has 0 aliphatic rings. The average molecular weight is 267 g/mol. The third-order valence-electron chi connectivity index (χ3n) is 3.67. The molecule has 0 spiro atoms. The van der Waals surface area contributed by atoms with E-state index in [0.717, 1.165) is 29.8 Å². The first-order chi connectivity index (χ1) is 9.60. The van der Waals surface area contributed by atoms with Crippen LogP contribution in [0.15, 0.2) is 24.3 Å². The molecule has 0 atom stereocenters. The second-order valence-electron chi connectivity index (χ2n) is 5.25. The number of benzene rings is 1. The molecule has 0 fully saturated rings. The molecule has 1 aromatic heterocycles. The molecule has 3 nitrogen and oxygen atoms in total. The van der Waals surface area contributed by atoms with E-state index in [1.807, 2.05) is 6.07 Å². The van der Waals surface area contributed by atoms with Gasteiger partial charge in [-0.2, -0.15) is 5.26 Å². The number of rotatable bonds is 4. The highest BCUT2D eigenvalue weighted by molar-refractivity contribution is 5.83. The Kier molecular flexibility index (Phi) is 4.24. The number of nitrogens with zero attached hydrogens (tertiary/aromatic N) is 3.